The Bertz CT molecular complexity index is 1020. The van der Waals surface area contributed by atoms with Crippen LogP contribution in [-0.4, -0.2) is 73.5 Å². The summed E-state index contributed by atoms with van der Waals surface area (Å²) in [6.07, 6.45) is 41.9. The molecule has 0 spiro atoms. The first-order valence-electron chi connectivity index (χ1n) is 28.1. The number of hydrogen-bond acceptors (Lipinski definition) is 8. The van der Waals surface area contributed by atoms with Crippen LogP contribution in [0.5, 0.6) is 0 Å². The third kappa shape index (κ3) is 33.7. The summed E-state index contributed by atoms with van der Waals surface area (Å²) < 4.78 is 17.3. The highest BCUT2D eigenvalue weighted by Crippen LogP contribution is 2.29. The SMILES string of the molecule is CCCCCCCCCCC(CCCC)C(=O)OCCCCCCC(O)(CCCCCCOC(=O)C(CCCC)CCCCCCCCCC)CCCCOC(=O)C1CCN(C)CC1. The van der Waals surface area contributed by atoms with E-state index in [1.807, 2.05) is 0 Å². The van der Waals surface area contributed by atoms with Crippen molar-refractivity contribution in [3.05, 3.63) is 0 Å². The van der Waals surface area contributed by atoms with Gasteiger partial charge in [-0.1, -0.05) is 195 Å². The lowest BCUT2D eigenvalue weighted by Gasteiger charge is -2.29. The number of aliphatic hydroxyl groups is 1. The molecular weight excluding hydrogens is 799 g/mol. The number of likely N-dealkylation sites (tertiary alicyclic amines) is 1. The van der Waals surface area contributed by atoms with Crippen molar-refractivity contribution in [2.24, 2.45) is 17.8 Å². The molecule has 1 heterocycles. The van der Waals surface area contributed by atoms with Gasteiger partial charge in [0.2, 0.25) is 0 Å². The maximum atomic E-state index is 13.0. The lowest BCUT2D eigenvalue weighted by Crippen LogP contribution is -2.34. The van der Waals surface area contributed by atoms with Crippen LogP contribution in [0, 0.1) is 17.8 Å². The summed E-state index contributed by atoms with van der Waals surface area (Å²) in [6, 6.07) is 0. The number of carbonyl (C=O) groups excluding carboxylic acids is 3. The lowest BCUT2D eigenvalue weighted by molar-refractivity contribution is -0.150. The number of hydrogen-bond donors (Lipinski definition) is 1. The summed E-state index contributed by atoms with van der Waals surface area (Å²) >= 11 is 0. The van der Waals surface area contributed by atoms with Crippen LogP contribution in [0.25, 0.3) is 0 Å². The molecule has 1 saturated heterocycles. The standard InChI is InChI=1S/C56H107NO7/c1-6-10-14-16-18-20-22-28-38-50(36-12-8-3)53(58)62-47-33-26-24-30-42-56(61,44-32-35-49-64-55(60)52-40-45-57(5)46-41-52)43-31-25-27-34-48-63-54(59)51(37-13-9-4)39-29-23-21-19-17-15-11-7-2/h50-52,61H,6-49H2,1-5H3. The zero-order valence-corrected chi connectivity index (χ0v) is 43.2. The lowest BCUT2D eigenvalue weighted by atomic mass is 9.85. The summed E-state index contributed by atoms with van der Waals surface area (Å²) in [5.74, 6) is 0.0574. The van der Waals surface area contributed by atoms with E-state index in [4.69, 9.17) is 14.2 Å². The van der Waals surface area contributed by atoms with Crippen LogP contribution >= 0.6 is 0 Å². The molecule has 8 heteroatoms. The molecule has 0 aromatic rings. The molecule has 378 valence electrons. The van der Waals surface area contributed by atoms with Gasteiger partial charge in [0.25, 0.3) is 0 Å². The van der Waals surface area contributed by atoms with Crippen LogP contribution in [0.2, 0.25) is 0 Å². The fraction of sp³-hybridized carbons (Fsp3) is 0.946. The van der Waals surface area contributed by atoms with E-state index in [1.54, 1.807) is 0 Å². The average Bonchev–Trinajstić information content (AvgIpc) is 3.29. The van der Waals surface area contributed by atoms with E-state index in [2.05, 4.69) is 39.6 Å². The molecule has 2 atom stereocenters. The normalized spacial score (nSPS) is 15.5. The molecule has 0 aromatic heterocycles. The van der Waals surface area contributed by atoms with Crippen molar-refractivity contribution in [1.29, 1.82) is 0 Å². The van der Waals surface area contributed by atoms with Gasteiger partial charge < -0.3 is 24.2 Å². The Balaban J connectivity index is 2.49. The first-order chi connectivity index (χ1) is 31.2. The number of rotatable bonds is 46. The van der Waals surface area contributed by atoms with Crippen molar-refractivity contribution < 1.29 is 33.7 Å². The number of nitrogens with zero attached hydrogens (tertiary/aromatic N) is 1. The van der Waals surface area contributed by atoms with Gasteiger partial charge in [0.1, 0.15) is 0 Å². The fourth-order valence-electron chi connectivity index (χ4n) is 9.58. The fourth-order valence-corrected chi connectivity index (χ4v) is 9.58. The molecule has 0 radical (unpaired) electrons. The van der Waals surface area contributed by atoms with Gasteiger partial charge in [-0.05, 0) is 104 Å². The Morgan fingerprint density at radius 2 is 0.766 bits per heavy atom. The average molecular weight is 906 g/mol. The van der Waals surface area contributed by atoms with Gasteiger partial charge in [-0.3, -0.25) is 14.4 Å². The van der Waals surface area contributed by atoms with E-state index in [0.29, 0.717) is 26.2 Å². The second-order valence-electron chi connectivity index (χ2n) is 20.3. The third-order valence-electron chi connectivity index (χ3n) is 14.2. The Morgan fingerprint density at radius 1 is 0.453 bits per heavy atom. The molecule has 0 bridgehead atoms. The molecular formula is C56H107NO7. The molecule has 0 aromatic carbocycles. The Labute approximate surface area is 396 Å². The van der Waals surface area contributed by atoms with Crippen LogP contribution in [0.15, 0.2) is 0 Å². The highest BCUT2D eigenvalue weighted by molar-refractivity contribution is 5.73. The van der Waals surface area contributed by atoms with Crippen molar-refractivity contribution in [1.82, 2.24) is 4.90 Å². The van der Waals surface area contributed by atoms with Crippen LogP contribution in [0.4, 0.5) is 0 Å². The Hall–Kier alpha value is -1.67. The maximum Gasteiger partial charge on any atom is 0.309 e. The van der Waals surface area contributed by atoms with E-state index >= 15 is 0 Å². The summed E-state index contributed by atoms with van der Waals surface area (Å²) in [5, 5.41) is 11.9. The van der Waals surface area contributed by atoms with E-state index < -0.39 is 5.60 Å². The smallest absolute Gasteiger partial charge is 0.309 e. The molecule has 64 heavy (non-hydrogen) atoms. The van der Waals surface area contributed by atoms with E-state index in [0.717, 1.165) is 167 Å². The maximum absolute atomic E-state index is 13.0. The minimum absolute atomic E-state index is 0.00575. The molecule has 1 aliphatic heterocycles. The largest absolute Gasteiger partial charge is 0.465 e. The number of carbonyl (C=O) groups is 3. The second-order valence-corrected chi connectivity index (χ2v) is 20.3. The molecule has 8 nitrogen and oxygen atoms in total. The molecule has 0 aliphatic carbocycles. The number of ether oxygens (including phenoxy) is 3. The summed E-state index contributed by atoms with van der Waals surface area (Å²) in [4.78, 5) is 41.0. The first kappa shape index (κ1) is 60.3. The van der Waals surface area contributed by atoms with Gasteiger partial charge in [-0.15, -0.1) is 0 Å². The van der Waals surface area contributed by atoms with Gasteiger partial charge in [-0.25, -0.2) is 0 Å². The van der Waals surface area contributed by atoms with Gasteiger partial charge in [-0.2, -0.15) is 0 Å². The minimum atomic E-state index is -0.735. The molecule has 1 fully saturated rings. The number of esters is 3. The van der Waals surface area contributed by atoms with Crippen molar-refractivity contribution in [3.63, 3.8) is 0 Å². The topological polar surface area (TPSA) is 102 Å². The number of piperidine rings is 1. The van der Waals surface area contributed by atoms with Crippen molar-refractivity contribution >= 4 is 17.9 Å². The molecule has 0 amide bonds. The van der Waals surface area contributed by atoms with Gasteiger partial charge in [0, 0.05) is 0 Å². The van der Waals surface area contributed by atoms with Crippen LogP contribution in [0.1, 0.15) is 278 Å². The highest BCUT2D eigenvalue weighted by atomic mass is 16.5. The van der Waals surface area contributed by atoms with Gasteiger partial charge in [0.15, 0.2) is 0 Å². The first-order valence-corrected chi connectivity index (χ1v) is 28.1. The van der Waals surface area contributed by atoms with Crippen molar-refractivity contribution in [2.75, 3.05) is 40.0 Å². The molecule has 1 rings (SSSR count). The predicted molar refractivity (Wildman–Crippen MR) is 269 cm³/mol. The molecule has 0 saturated carbocycles. The molecule has 1 N–H and O–H groups in total. The van der Waals surface area contributed by atoms with Crippen LogP contribution in [0.3, 0.4) is 0 Å². The van der Waals surface area contributed by atoms with Gasteiger partial charge >= 0.3 is 17.9 Å². The quantitative estimate of drug-likeness (QED) is 0.0366. The van der Waals surface area contributed by atoms with Crippen molar-refractivity contribution in [2.45, 2.75) is 284 Å². The Kier molecular flexibility index (Phi) is 40.2. The molecule has 1 aliphatic rings. The summed E-state index contributed by atoms with van der Waals surface area (Å²) in [7, 11) is 2.10. The molecule has 2 unspecified atom stereocenters. The van der Waals surface area contributed by atoms with E-state index in [-0.39, 0.29) is 35.7 Å². The summed E-state index contributed by atoms with van der Waals surface area (Å²) in [6.45, 7) is 12.2. The second kappa shape index (κ2) is 42.7. The monoisotopic (exact) mass is 906 g/mol. The predicted octanol–water partition coefficient (Wildman–Crippen LogP) is 15.4. The zero-order chi connectivity index (χ0) is 46.8. The Morgan fingerprint density at radius 3 is 1.19 bits per heavy atom. The van der Waals surface area contributed by atoms with Crippen LogP contribution < -0.4 is 0 Å². The van der Waals surface area contributed by atoms with Crippen LogP contribution in [-0.2, 0) is 28.6 Å². The van der Waals surface area contributed by atoms with E-state index in [1.165, 1.54) is 89.9 Å². The van der Waals surface area contributed by atoms with E-state index in [9.17, 15) is 19.5 Å². The third-order valence-corrected chi connectivity index (χ3v) is 14.2. The van der Waals surface area contributed by atoms with Crippen molar-refractivity contribution in [3.8, 4) is 0 Å². The highest BCUT2D eigenvalue weighted by Gasteiger charge is 2.27. The van der Waals surface area contributed by atoms with Gasteiger partial charge in [0.05, 0.1) is 43.2 Å². The minimum Gasteiger partial charge on any atom is -0.465 e. The summed E-state index contributed by atoms with van der Waals surface area (Å²) in [5.41, 5.74) is -0.735. The zero-order valence-electron chi connectivity index (χ0n) is 43.2. The number of unbranched alkanes of at least 4 members (excludes halogenated alkanes) is 23.